The minimum atomic E-state index is -0.188. The average Bonchev–Trinajstić information content (AvgIpc) is 2.90. The van der Waals surface area contributed by atoms with Gasteiger partial charge in [-0.1, -0.05) is 18.3 Å². The van der Waals surface area contributed by atoms with Crippen LogP contribution in [0.2, 0.25) is 0 Å². The van der Waals surface area contributed by atoms with Gasteiger partial charge in [0, 0.05) is 29.8 Å². The van der Waals surface area contributed by atoms with E-state index in [9.17, 15) is 4.79 Å². The van der Waals surface area contributed by atoms with Crippen LogP contribution < -0.4 is 10.6 Å². The molecule has 0 bridgehead atoms. The standard InChI is InChI=1S/C12H15N5OS/c1-7(2)9-4-8(5-10(13-3)15-9)12(18)16-11-6-14-17-19-11/h4-7H,1-3H3,(H,13,15)(H,16,18). The molecule has 0 aromatic carbocycles. The van der Waals surface area contributed by atoms with Crippen molar-refractivity contribution in [2.75, 3.05) is 17.7 Å². The Morgan fingerprint density at radius 2 is 2.16 bits per heavy atom. The highest BCUT2D eigenvalue weighted by Gasteiger charge is 2.12. The van der Waals surface area contributed by atoms with E-state index >= 15 is 0 Å². The second kappa shape index (κ2) is 5.75. The lowest BCUT2D eigenvalue weighted by atomic mass is 10.1. The molecule has 2 aromatic heterocycles. The molecular formula is C12H15N5OS. The number of carbonyl (C=O) groups is 1. The molecule has 0 atom stereocenters. The predicted octanol–water partition coefficient (Wildman–Crippen LogP) is 2.35. The molecule has 0 radical (unpaired) electrons. The maximum atomic E-state index is 12.1. The number of amides is 1. The van der Waals surface area contributed by atoms with Gasteiger partial charge in [-0.2, -0.15) is 0 Å². The molecule has 7 heteroatoms. The summed E-state index contributed by atoms with van der Waals surface area (Å²) in [6, 6.07) is 3.52. The van der Waals surface area contributed by atoms with Gasteiger partial charge in [0.2, 0.25) is 0 Å². The van der Waals surface area contributed by atoms with E-state index in [4.69, 9.17) is 0 Å². The second-order valence-electron chi connectivity index (χ2n) is 4.31. The summed E-state index contributed by atoms with van der Waals surface area (Å²) in [5.74, 6) is 0.746. The number of rotatable bonds is 4. The largest absolute Gasteiger partial charge is 0.373 e. The topological polar surface area (TPSA) is 79.8 Å². The molecule has 19 heavy (non-hydrogen) atoms. The minimum Gasteiger partial charge on any atom is -0.373 e. The normalized spacial score (nSPS) is 10.5. The molecule has 0 fully saturated rings. The number of nitrogens with zero attached hydrogens (tertiary/aromatic N) is 3. The summed E-state index contributed by atoms with van der Waals surface area (Å²) in [6.07, 6.45) is 1.52. The molecule has 0 unspecified atom stereocenters. The summed E-state index contributed by atoms with van der Waals surface area (Å²) in [7, 11) is 1.78. The number of anilines is 2. The van der Waals surface area contributed by atoms with Crippen LogP contribution in [0.25, 0.3) is 0 Å². The first-order chi connectivity index (χ1) is 9.10. The maximum Gasteiger partial charge on any atom is 0.256 e. The highest BCUT2D eigenvalue weighted by atomic mass is 32.1. The monoisotopic (exact) mass is 277 g/mol. The zero-order valence-corrected chi connectivity index (χ0v) is 11.8. The SMILES string of the molecule is CNc1cc(C(=O)Nc2cnns2)cc(C(C)C)n1. The third kappa shape index (κ3) is 3.25. The summed E-state index contributed by atoms with van der Waals surface area (Å²) in [6.45, 7) is 4.08. The van der Waals surface area contributed by atoms with Gasteiger partial charge in [-0.15, -0.1) is 5.10 Å². The molecule has 2 heterocycles. The van der Waals surface area contributed by atoms with Crippen LogP contribution in [-0.2, 0) is 0 Å². The van der Waals surface area contributed by atoms with Gasteiger partial charge in [0.05, 0.1) is 6.20 Å². The molecule has 1 amide bonds. The van der Waals surface area contributed by atoms with Gasteiger partial charge in [-0.3, -0.25) is 4.79 Å². The van der Waals surface area contributed by atoms with Crippen LogP contribution in [0.3, 0.4) is 0 Å². The van der Waals surface area contributed by atoms with Crippen LogP contribution >= 0.6 is 11.5 Å². The molecule has 0 saturated carbocycles. The Labute approximate surface area is 115 Å². The Bertz CT molecular complexity index is 568. The van der Waals surface area contributed by atoms with Crippen LogP contribution in [0.5, 0.6) is 0 Å². The Hall–Kier alpha value is -2.02. The Morgan fingerprint density at radius 1 is 1.37 bits per heavy atom. The molecule has 0 spiro atoms. The Balaban J connectivity index is 2.27. The van der Waals surface area contributed by atoms with Crippen LogP contribution in [0, 0.1) is 0 Å². The number of pyridine rings is 1. The van der Waals surface area contributed by atoms with Crippen LogP contribution in [-0.4, -0.2) is 27.5 Å². The lowest BCUT2D eigenvalue weighted by Gasteiger charge is -2.10. The number of carbonyl (C=O) groups excluding carboxylic acids is 1. The second-order valence-corrected chi connectivity index (χ2v) is 5.09. The van der Waals surface area contributed by atoms with Crippen molar-refractivity contribution in [2.24, 2.45) is 0 Å². The summed E-state index contributed by atoms with van der Waals surface area (Å²) < 4.78 is 3.70. The summed E-state index contributed by atoms with van der Waals surface area (Å²) in [5, 5.41) is 10.0. The van der Waals surface area contributed by atoms with E-state index in [0.717, 1.165) is 17.2 Å². The van der Waals surface area contributed by atoms with Gasteiger partial charge in [-0.05, 0) is 18.1 Å². The van der Waals surface area contributed by atoms with E-state index < -0.39 is 0 Å². The van der Waals surface area contributed by atoms with Gasteiger partial charge in [0.15, 0.2) is 0 Å². The van der Waals surface area contributed by atoms with Gasteiger partial charge >= 0.3 is 0 Å². The van der Waals surface area contributed by atoms with E-state index in [1.165, 1.54) is 6.20 Å². The predicted molar refractivity (Wildman–Crippen MR) is 75.7 cm³/mol. The fourth-order valence-electron chi connectivity index (χ4n) is 1.51. The van der Waals surface area contributed by atoms with E-state index in [2.05, 4.69) is 25.2 Å². The van der Waals surface area contributed by atoms with Crippen molar-refractivity contribution in [1.82, 2.24) is 14.6 Å². The molecule has 100 valence electrons. The lowest BCUT2D eigenvalue weighted by Crippen LogP contribution is -2.13. The lowest BCUT2D eigenvalue weighted by molar-refractivity contribution is 0.102. The zero-order valence-electron chi connectivity index (χ0n) is 11.0. The average molecular weight is 277 g/mol. The molecule has 6 nitrogen and oxygen atoms in total. The highest BCUT2D eigenvalue weighted by Crippen LogP contribution is 2.19. The van der Waals surface area contributed by atoms with Crippen molar-refractivity contribution in [3.8, 4) is 0 Å². The first kappa shape index (κ1) is 13.4. The number of hydrogen-bond donors (Lipinski definition) is 2. The van der Waals surface area contributed by atoms with Crippen LogP contribution in [0.4, 0.5) is 10.8 Å². The molecular weight excluding hydrogens is 262 g/mol. The van der Waals surface area contributed by atoms with Crippen LogP contribution in [0.1, 0.15) is 35.8 Å². The van der Waals surface area contributed by atoms with Crippen molar-refractivity contribution in [3.63, 3.8) is 0 Å². The fourth-order valence-corrected chi connectivity index (χ4v) is 1.93. The maximum absolute atomic E-state index is 12.1. The Kier molecular flexibility index (Phi) is 4.06. The summed E-state index contributed by atoms with van der Waals surface area (Å²) in [5.41, 5.74) is 1.44. The molecule has 2 rings (SSSR count). The third-order valence-electron chi connectivity index (χ3n) is 2.55. The molecule has 0 aliphatic carbocycles. The van der Waals surface area contributed by atoms with E-state index in [0.29, 0.717) is 16.4 Å². The molecule has 0 aliphatic rings. The zero-order chi connectivity index (χ0) is 13.8. The van der Waals surface area contributed by atoms with Crippen molar-refractivity contribution in [3.05, 3.63) is 29.6 Å². The molecule has 0 aliphatic heterocycles. The first-order valence-electron chi connectivity index (χ1n) is 5.88. The van der Waals surface area contributed by atoms with Crippen molar-refractivity contribution in [2.45, 2.75) is 19.8 Å². The summed E-state index contributed by atoms with van der Waals surface area (Å²) in [4.78, 5) is 16.6. The number of hydrogen-bond acceptors (Lipinski definition) is 6. The smallest absolute Gasteiger partial charge is 0.256 e. The van der Waals surface area contributed by atoms with Crippen molar-refractivity contribution in [1.29, 1.82) is 0 Å². The van der Waals surface area contributed by atoms with Gasteiger partial charge < -0.3 is 10.6 Å². The quantitative estimate of drug-likeness (QED) is 0.896. The molecule has 0 saturated heterocycles. The van der Waals surface area contributed by atoms with Crippen molar-refractivity contribution < 1.29 is 4.79 Å². The Morgan fingerprint density at radius 3 is 2.74 bits per heavy atom. The van der Waals surface area contributed by atoms with E-state index in [-0.39, 0.29) is 11.8 Å². The van der Waals surface area contributed by atoms with Crippen LogP contribution in [0.15, 0.2) is 18.3 Å². The van der Waals surface area contributed by atoms with Crippen molar-refractivity contribution >= 4 is 28.3 Å². The number of aromatic nitrogens is 3. The minimum absolute atomic E-state index is 0.188. The number of nitrogens with one attached hydrogen (secondary N) is 2. The third-order valence-corrected chi connectivity index (χ3v) is 3.13. The first-order valence-corrected chi connectivity index (χ1v) is 6.66. The summed E-state index contributed by atoms with van der Waals surface area (Å²) >= 11 is 1.14. The van der Waals surface area contributed by atoms with E-state index in [1.807, 2.05) is 13.8 Å². The highest BCUT2D eigenvalue weighted by molar-refractivity contribution is 7.10. The molecule has 2 aromatic rings. The van der Waals surface area contributed by atoms with E-state index in [1.54, 1.807) is 19.2 Å². The van der Waals surface area contributed by atoms with Gasteiger partial charge in [-0.25, -0.2) is 4.98 Å². The molecule has 2 N–H and O–H groups in total. The fraction of sp³-hybridized carbons (Fsp3) is 0.333. The van der Waals surface area contributed by atoms with Gasteiger partial charge in [0.1, 0.15) is 10.8 Å². The van der Waals surface area contributed by atoms with Gasteiger partial charge in [0.25, 0.3) is 5.91 Å².